The van der Waals surface area contributed by atoms with Crippen LogP contribution in [0.4, 0.5) is 4.39 Å². The predicted octanol–water partition coefficient (Wildman–Crippen LogP) is -0.206. The van der Waals surface area contributed by atoms with Gasteiger partial charge >= 0.3 is 5.69 Å². The molecule has 0 saturated carbocycles. The van der Waals surface area contributed by atoms with Crippen molar-refractivity contribution in [2.45, 2.75) is 6.04 Å². The first kappa shape index (κ1) is 19.6. The van der Waals surface area contributed by atoms with Crippen LogP contribution in [-0.2, 0) is 4.79 Å². The zero-order valence-corrected chi connectivity index (χ0v) is 15.4. The van der Waals surface area contributed by atoms with E-state index in [1.54, 1.807) is 12.1 Å². The van der Waals surface area contributed by atoms with E-state index in [-0.39, 0.29) is 43.0 Å². The Hall–Kier alpha value is -3.14. The fourth-order valence-electron chi connectivity index (χ4n) is 2.98. The molecule has 1 aromatic carbocycles. The Morgan fingerprint density at radius 3 is 2.89 bits per heavy atom. The molecule has 28 heavy (non-hydrogen) atoms. The summed E-state index contributed by atoms with van der Waals surface area (Å²) in [6.45, 7) is 1.63. The molecule has 1 fully saturated rings. The quantitative estimate of drug-likeness (QED) is 0.591. The van der Waals surface area contributed by atoms with Gasteiger partial charge in [-0.25, -0.2) is 9.18 Å². The first-order valence-electron chi connectivity index (χ1n) is 8.87. The van der Waals surface area contributed by atoms with Crippen molar-refractivity contribution in [2.24, 2.45) is 0 Å². The molecular weight excluding hydrogens is 369 g/mol. The van der Waals surface area contributed by atoms with Crippen LogP contribution in [0.2, 0.25) is 0 Å². The number of hydrogen-bond donors (Lipinski definition) is 3. The SMILES string of the molecule is CN1CCN(C(=O)c2c[nH]c(=O)[nH]2)CC1C(=O)NCCOc1cccc(F)c1. The van der Waals surface area contributed by atoms with E-state index in [1.807, 2.05) is 11.9 Å². The van der Waals surface area contributed by atoms with Crippen molar-refractivity contribution in [3.8, 4) is 5.75 Å². The average molecular weight is 391 g/mol. The van der Waals surface area contributed by atoms with Gasteiger partial charge in [0.05, 0.1) is 6.54 Å². The lowest BCUT2D eigenvalue weighted by atomic mass is 10.1. The number of hydrogen-bond acceptors (Lipinski definition) is 5. The second kappa shape index (κ2) is 8.70. The number of aromatic nitrogens is 2. The van der Waals surface area contributed by atoms with Crippen molar-refractivity contribution in [1.29, 1.82) is 0 Å². The van der Waals surface area contributed by atoms with Gasteiger partial charge in [0.15, 0.2) is 0 Å². The predicted molar refractivity (Wildman–Crippen MR) is 98.6 cm³/mol. The molecule has 2 aromatic rings. The third-order valence-corrected chi connectivity index (χ3v) is 4.53. The van der Waals surface area contributed by atoms with Gasteiger partial charge in [-0.1, -0.05) is 6.07 Å². The van der Waals surface area contributed by atoms with Gasteiger partial charge in [0.1, 0.15) is 29.9 Å². The van der Waals surface area contributed by atoms with Crippen molar-refractivity contribution in [2.75, 3.05) is 39.8 Å². The number of ether oxygens (including phenoxy) is 1. The van der Waals surface area contributed by atoms with Crippen LogP contribution in [-0.4, -0.2) is 77.5 Å². The molecule has 2 heterocycles. The van der Waals surface area contributed by atoms with Gasteiger partial charge in [0.2, 0.25) is 5.91 Å². The monoisotopic (exact) mass is 391 g/mol. The zero-order chi connectivity index (χ0) is 20.1. The summed E-state index contributed by atoms with van der Waals surface area (Å²) in [5.74, 6) is -0.565. The number of imidazole rings is 1. The highest BCUT2D eigenvalue weighted by atomic mass is 19.1. The second-order valence-corrected chi connectivity index (χ2v) is 6.50. The molecule has 1 aliphatic rings. The minimum Gasteiger partial charge on any atom is -0.492 e. The molecule has 10 heteroatoms. The molecule has 0 spiro atoms. The number of amides is 2. The molecule has 1 aromatic heterocycles. The molecule has 9 nitrogen and oxygen atoms in total. The fraction of sp³-hybridized carbons (Fsp3) is 0.389. The van der Waals surface area contributed by atoms with Crippen LogP contribution in [0.1, 0.15) is 10.5 Å². The summed E-state index contributed by atoms with van der Waals surface area (Å²) >= 11 is 0. The Morgan fingerprint density at radius 2 is 2.18 bits per heavy atom. The molecule has 0 radical (unpaired) electrons. The maximum absolute atomic E-state index is 13.1. The van der Waals surface area contributed by atoms with Crippen molar-refractivity contribution < 1.29 is 18.7 Å². The largest absolute Gasteiger partial charge is 0.492 e. The van der Waals surface area contributed by atoms with Crippen LogP contribution in [0.15, 0.2) is 35.3 Å². The van der Waals surface area contributed by atoms with Crippen molar-refractivity contribution in [3.63, 3.8) is 0 Å². The van der Waals surface area contributed by atoms with E-state index in [4.69, 9.17) is 4.74 Å². The summed E-state index contributed by atoms with van der Waals surface area (Å²) in [6.07, 6.45) is 1.32. The number of nitrogens with zero attached hydrogens (tertiary/aromatic N) is 2. The fourth-order valence-corrected chi connectivity index (χ4v) is 2.98. The molecule has 1 saturated heterocycles. The first-order chi connectivity index (χ1) is 13.4. The highest BCUT2D eigenvalue weighted by molar-refractivity contribution is 5.93. The van der Waals surface area contributed by atoms with E-state index in [9.17, 15) is 18.8 Å². The van der Waals surface area contributed by atoms with Gasteiger partial charge in [-0.15, -0.1) is 0 Å². The lowest BCUT2D eigenvalue weighted by Crippen LogP contribution is -2.59. The molecular formula is C18H22FN5O4. The van der Waals surface area contributed by atoms with Gasteiger partial charge in [-0.05, 0) is 19.2 Å². The Balaban J connectivity index is 1.50. The lowest BCUT2D eigenvalue weighted by Gasteiger charge is -2.38. The number of carbonyl (C=O) groups is 2. The minimum atomic E-state index is -0.516. The van der Waals surface area contributed by atoms with Gasteiger partial charge in [-0.2, -0.15) is 0 Å². The summed E-state index contributed by atoms with van der Waals surface area (Å²) in [7, 11) is 1.81. The molecule has 3 rings (SSSR count). The second-order valence-electron chi connectivity index (χ2n) is 6.50. The number of rotatable bonds is 6. The zero-order valence-electron chi connectivity index (χ0n) is 15.4. The first-order valence-corrected chi connectivity index (χ1v) is 8.87. The summed E-state index contributed by atoms with van der Waals surface area (Å²) in [5, 5.41) is 2.77. The number of nitrogens with one attached hydrogen (secondary N) is 3. The minimum absolute atomic E-state index is 0.164. The molecule has 3 N–H and O–H groups in total. The molecule has 2 amide bonds. The maximum Gasteiger partial charge on any atom is 0.323 e. The van der Waals surface area contributed by atoms with E-state index < -0.39 is 11.7 Å². The Kier molecular flexibility index (Phi) is 6.09. The molecule has 150 valence electrons. The molecule has 0 bridgehead atoms. The van der Waals surface area contributed by atoms with Crippen LogP contribution in [0.5, 0.6) is 5.75 Å². The maximum atomic E-state index is 13.1. The van der Waals surface area contributed by atoms with Crippen LogP contribution >= 0.6 is 0 Å². The molecule has 1 aliphatic heterocycles. The third-order valence-electron chi connectivity index (χ3n) is 4.53. The number of H-pyrrole nitrogens is 2. The van der Waals surface area contributed by atoms with Gasteiger partial charge in [0, 0.05) is 31.9 Å². The summed E-state index contributed by atoms with van der Waals surface area (Å²) < 4.78 is 18.5. The summed E-state index contributed by atoms with van der Waals surface area (Å²) in [4.78, 5) is 44.4. The highest BCUT2D eigenvalue weighted by Crippen LogP contribution is 2.12. The smallest absolute Gasteiger partial charge is 0.323 e. The number of likely N-dealkylation sites (N-methyl/N-ethyl adjacent to an activating group) is 1. The summed E-state index contributed by atoms with van der Waals surface area (Å²) in [5.41, 5.74) is -0.290. The van der Waals surface area contributed by atoms with Gasteiger partial charge in [-0.3, -0.25) is 14.5 Å². The molecule has 0 aliphatic carbocycles. The van der Waals surface area contributed by atoms with E-state index in [0.29, 0.717) is 18.8 Å². The number of piperazine rings is 1. The van der Waals surface area contributed by atoms with Crippen molar-refractivity contribution >= 4 is 11.8 Å². The standard InChI is InChI=1S/C18H22FN5O4/c1-23-6-7-24(17(26)14-10-21-18(27)22-14)11-15(23)16(25)20-5-8-28-13-4-2-3-12(19)9-13/h2-4,9-10,15H,5-8,11H2,1H3,(H,20,25)(H2,21,22,27). The van der Waals surface area contributed by atoms with Gasteiger partial charge < -0.3 is 24.9 Å². The Bertz CT molecular complexity index is 896. The van der Waals surface area contributed by atoms with E-state index in [1.165, 1.54) is 23.2 Å². The normalized spacial score (nSPS) is 17.4. The number of carbonyl (C=O) groups excluding carboxylic acids is 2. The van der Waals surface area contributed by atoms with Crippen LogP contribution < -0.4 is 15.7 Å². The highest BCUT2D eigenvalue weighted by Gasteiger charge is 2.32. The van der Waals surface area contributed by atoms with Crippen molar-refractivity contribution in [3.05, 3.63) is 52.5 Å². The Morgan fingerprint density at radius 1 is 1.36 bits per heavy atom. The van der Waals surface area contributed by atoms with Crippen LogP contribution in [0.3, 0.4) is 0 Å². The van der Waals surface area contributed by atoms with Gasteiger partial charge in [0.25, 0.3) is 5.91 Å². The lowest BCUT2D eigenvalue weighted by molar-refractivity contribution is -0.127. The van der Waals surface area contributed by atoms with E-state index in [0.717, 1.165) is 0 Å². The van der Waals surface area contributed by atoms with Crippen LogP contribution in [0.25, 0.3) is 0 Å². The van der Waals surface area contributed by atoms with Crippen molar-refractivity contribution in [1.82, 2.24) is 25.1 Å². The number of benzene rings is 1. The van der Waals surface area contributed by atoms with E-state index >= 15 is 0 Å². The third kappa shape index (κ3) is 4.77. The van der Waals surface area contributed by atoms with E-state index in [2.05, 4.69) is 15.3 Å². The topological polar surface area (TPSA) is 111 Å². The van der Waals surface area contributed by atoms with Crippen LogP contribution in [0, 0.1) is 5.82 Å². The summed E-state index contributed by atoms with van der Waals surface area (Å²) in [6, 6.07) is 5.26. The number of halogens is 1. The number of aromatic amines is 2. The average Bonchev–Trinajstić information content (AvgIpc) is 3.11. The molecule has 1 atom stereocenters. The Labute approximate surface area is 160 Å². The molecule has 1 unspecified atom stereocenters.